The average Bonchev–Trinajstić information content (AvgIpc) is 2.26. The zero-order valence-corrected chi connectivity index (χ0v) is 11.6. The number of likely N-dealkylation sites (tertiary alicyclic amines) is 1. The second kappa shape index (κ2) is 6.17. The largest absolute Gasteiger partial charge is 0.392 e. The van der Waals surface area contributed by atoms with Crippen molar-refractivity contribution in [2.45, 2.75) is 32.8 Å². The van der Waals surface area contributed by atoms with Gasteiger partial charge in [0.15, 0.2) is 0 Å². The van der Waals surface area contributed by atoms with Gasteiger partial charge >= 0.3 is 0 Å². The van der Waals surface area contributed by atoms with Crippen LogP contribution in [-0.2, 0) is 4.79 Å². The second-order valence-electron chi connectivity index (χ2n) is 5.46. The summed E-state index contributed by atoms with van der Waals surface area (Å²) in [7, 11) is 0. The number of piperidine rings is 1. The summed E-state index contributed by atoms with van der Waals surface area (Å²) in [5.41, 5.74) is 3.13. The first-order chi connectivity index (χ1) is 9.02. The standard InChI is InChI=1S/C15H22N2O2/c1-11-6-12(2)8-13(7-11)16-15(19)10-17-5-3-4-14(18)9-17/h6-8,14,18H,3-5,9-10H2,1-2H3,(H,16,19). The van der Waals surface area contributed by atoms with Crippen LogP contribution in [0.3, 0.4) is 0 Å². The van der Waals surface area contributed by atoms with E-state index in [0.717, 1.165) is 36.2 Å². The summed E-state index contributed by atoms with van der Waals surface area (Å²) in [6, 6.07) is 6.02. The lowest BCUT2D eigenvalue weighted by Gasteiger charge is -2.29. The van der Waals surface area contributed by atoms with Crippen LogP contribution >= 0.6 is 0 Å². The Hall–Kier alpha value is -1.39. The van der Waals surface area contributed by atoms with E-state index in [1.165, 1.54) is 0 Å². The molecule has 0 spiro atoms. The Morgan fingerprint density at radius 2 is 2.05 bits per heavy atom. The van der Waals surface area contributed by atoms with Crippen LogP contribution in [0.5, 0.6) is 0 Å². The number of aliphatic hydroxyl groups is 1. The fourth-order valence-electron chi connectivity index (χ4n) is 2.63. The van der Waals surface area contributed by atoms with Crippen LogP contribution in [0.4, 0.5) is 5.69 Å². The summed E-state index contributed by atoms with van der Waals surface area (Å²) in [5.74, 6) is -0.0147. The highest BCUT2D eigenvalue weighted by Crippen LogP contribution is 2.14. The van der Waals surface area contributed by atoms with E-state index >= 15 is 0 Å². The first-order valence-corrected chi connectivity index (χ1v) is 6.81. The zero-order valence-electron chi connectivity index (χ0n) is 11.6. The van der Waals surface area contributed by atoms with E-state index in [4.69, 9.17) is 0 Å². The minimum atomic E-state index is -0.289. The van der Waals surface area contributed by atoms with Crippen molar-refractivity contribution in [3.05, 3.63) is 29.3 Å². The first-order valence-electron chi connectivity index (χ1n) is 6.81. The molecule has 0 aromatic heterocycles. The Balaban J connectivity index is 1.90. The van der Waals surface area contributed by atoms with Gasteiger partial charge < -0.3 is 10.4 Å². The Morgan fingerprint density at radius 3 is 2.68 bits per heavy atom. The molecule has 0 radical (unpaired) electrons. The summed E-state index contributed by atoms with van der Waals surface area (Å²) in [4.78, 5) is 14.0. The van der Waals surface area contributed by atoms with Crippen LogP contribution in [0.2, 0.25) is 0 Å². The van der Waals surface area contributed by atoms with Gasteiger partial charge in [0.05, 0.1) is 12.6 Å². The lowest BCUT2D eigenvalue weighted by atomic mass is 10.1. The number of benzene rings is 1. The van der Waals surface area contributed by atoms with E-state index in [1.54, 1.807) is 0 Å². The molecule has 4 heteroatoms. The number of aryl methyl sites for hydroxylation is 2. The molecule has 0 bridgehead atoms. The van der Waals surface area contributed by atoms with E-state index in [1.807, 2.05) is 30.9 Å². The van der Waals surface area contributed by atoms with Crippen molar-refractivity contribution in [3.63, 3.8) is 0 Å². The average molecular weight is 262 g/mol. The molecule has 1 heterocycles. The molecule has 0 aliphatic carbocycles. The van der Waals surface area contributed by atoms with Gasteiger partial charge in [0.1, 0.15) is 0 Å². The predicted octanol–water partition coefficient (Wildman–Crippen LogP) is 1.70. The number of amides is 1. The summed E-state index contributed by atoms with van der Waals surface area (Å²) in [6.45, 7) is 5.87. The second-order valence-corrected chi connectivity index (χ2v) is 5.46. The van der Waals surface area contributed by atoms with E-state index in [-0.39, 0.29) is 12.0 Å². The van der Waals surface area contributed by atoms with E-state index in [9.17, 15) is 9.90 Å². The van der Waals surface area contributed by atoms with Crippen molar-refractivity contribution in [2.24, 2.45) is 0 Å². The van der Waals surface area contributed by atoms with Crippen molar-refractivity contribution in [1.29, 1.82) is 0 Å². The summed E-state index contributed by atoms with van der Waals surface area (Å²) < 4.78 is 0. The van der Waals surface area contributed by atoms with Gasteiger partial charge in [-0.05, 0) is 56.5 Å². The van der Waals surface area contributed by atoms with Crippen LogP contribution in [0.1, 0.15) is 24.0 Å². The third-order valence-corrected chi connectivity index (χ3v) is 3.35. The van der Waals surface area contributed by atoms with Crippen molar-refractivity contribution in [1.82, 2.24) is 4.90 Å². The van der Waals surface area contributed by atoms with Gasteiger partial charge in [-0.1, -0.05) is 6.07 Å². The number of nitrogens with one attached hydrogen (secondary N) is 1. The number of β-amino-alcohol motifs (C(OH)–C–C–N with tert-alkyl or cyclic N) is 1. The molecule has 1 unspecified atom stereocenters. The molecule has 0 saturated carbocycles. The first kappa shape index (κ1) is 14.0. The quantitative estimate of drug-likeness (QED) is 0.871. The number of nitrogens with zero attached hydrogens (tertiary/aromatic N) is 1. The Bertz CT molecular complexity index is 439. The molecule has 2 N–H and O–H groups in total. The molecule has 1 saturated heterocycles. The van der Waals surface area contributed by atoms with Crippen LogP contribution in [0.25, 0.3) is 0 Å². The normalized spacial score (nSPS) is 20.3. The number of carbonyl (C=O) groups excluding carboxylic acids is 1. The van der Waals surface area contributed by atoms with Crippen LogP contribution in [-0.4, -0.2) is 41.7 Å². The number of hydrogen-bond acceptors (Lipinski definition) is 3. The monoisotopic (exact) mass is 262 g/mol. The molecule has 1 aliphatic heterocycles. The molecule has 1 fully saturated rings. The molecule has 19 heavy (non-hydrogen) atoms. The minimum absolute atomic E-state index is 0.0147. The fourth-order valence-corrected chi connectivity index (χ4v) is 2.63. The van der Waals surface area contributed by atoms with Gasteiger partial charge in [-0.2, -0.15) is 0 Å². The predicted molar refractivity (Wildman–Crippen MR) is 76.2 cm³/mol. The highest BCUT2D eigenvalue weighted by atomic mass is 16.3. The van der Waals surface area contributed by atoms with Crippen molar-refractivity contribution in [2.75, 3.05) is 25.0 Å². The molecule has 1 aromatic rings. The number of anilines is 1. The van der Waals surface area contributed by atoms with Crippen LogP contribution in [0.15, 0.2) is 18.2 Å². The number of hydrogen-bond donors (Lipinski definition) is 2. The smallest absolute Gasteiger partial charge is 0.238 e. The van der Waals surface area contributed by atoms with Crippen molar-refractivity contribution >= 4 is 11.6 Å². The van der Waals surface area contributed by atoms with Gasteiger partial charge in [-0.15, -0.1) is 0 Å². The molecule has 1 aromatic carbocycles. The SMILES string of the molecule is Cc1cc(C)cc(NC(=O)CN2CCCC(O)C2)c1. The van der Waals surface area contributed by atoms with Gasteiger partial charge in [-0.3, -0.25) is 9.69 Å². The molecule has 1 atom stereocenters. The van der Waals surface area contributed by atoms with Gasteiger partial charge in [0.2, 0.25) is 5.91 Å². The number of aliphatic hydroxyl groups excluding tert-OH is 1. The van der Waals surface area contributed by atoms with Gasteiger partial charge in [0, 0.05) is 12.2 Å². The third-order valence-electron chi connectivity index (χ3n) is 3.35. The molecular weight excluding hydrogens is 240 g/mol. The van der Waals surface area contributed by atoms with Crippen molar-refractivity contribution < 1.29 is 9.90 Å². The molecule has 1 aliphatic rings. The maximum absolute atomic E-state index is 12.0. The maximum atomic E-state index is 12.0. The van der Waals surface area contributed by atoms with Gasteiger partial charge in [0.25, 0.3) is 0 Å². The molecule has 2 rings (SSSR count). The summed E-state index contributed by atoms with van der Waals surface area (Å²) in [5, 5.41) is 12.5. The minimum Gasteiger partial charge on any atom is -0.392 e. The summed E-state index contributed by atoms with van der Waals surface area (Å²) >= 11 is 0. The van der Waals surface area contributed by atoms with Crippen molar-refractivity contribution in [3.8, 4) is 0 Å². The number of rotatable bonds is 3. The van der Waals surface area contributed by atoms with Crippen LogP contribution < -0.4 is 5.32 Å². The molecular formula is C15H22N2O2. The van der Waals surface area contributed by atoms with Crippen LogP contribution in [0, 0.1) is 13.8 Å². The third kappa shape index (κ3) is 4.33. The molecule has 1 amide bonds. The lowest BCUT2D eigenvalue weighted by molar-refractivity contribution is -0.118. The van der Waals surface area contributed by atoms with E-state index in [0.29, 0.717) is 13.1 Å². The fraction of sp³-hybridized carbons (Fsp3) is 0.533. The highest BCUT2D eigenvalue weighted by molar-refractivity contribution is 5.92. The lowest BCUT2D eigenvalue weighted by Crippen LogP contribution is -2.42. The maximum Gasteiger partial charge on any atom is 0.238 e. The molecule has 4 nitrogen and oxygen atoms in total. The Morgan fingerprint density at radius 1 is 1.37 bits per heavy atom. The Kier molecular flexibility index (Phi) is 4.56. The molecule has 104 valence electrons. The Labute approximate surface area is 114 Å². The van der Waals surface area contributed by atoms with Gasteiger partial charge in [-0.25, -0.2) is 0 Å². The van der Waals surface area contributed by atoms with E-state index in [2.05, 4.69) is 11.4 Å². The topological polar surface area (TPSA) is 52.6 Å². The zero-order chi connectivity index (χ0) is 13.8. The summed E-state index contributed by atoms with van der Waals surface area (Å²) in [6.07, 6.45) is 1.51. The highest BCUT2D eigenvalue weighted by Gasteiger charge is 2.19. The number of carbonyl (C=O) groups is 1. The van der Waals surface area contributed by atoms with E-state index < -0.39 is 0 Å².